The predicted molar refractivity (Wildman–Crippen MR) is 120 cm³/mol. The highest BCUT2D eigenvalue weighted by molar-refractivity contribution is 6.10. The molecule has 0 radical (unpaired) electrons. The minimum Gasteiger partial charge on any atom is -0.322 e. The Balaban J connectivity index is 1.78. The number of aryl methyl sites for hydroxylation is 2. The molecule has 7 heteroatoms. The summed E-state index contributed by atoms with van der Waals surface area (Å²) in [5.74, 6) is -1.52. The molecule has 0 atom stereocenters. The number of rotatable bonds is 5. The molecule has 0 aliphatic heterocycles. The van der Waals surface area contributed by atoms with Gasteiger partial charge in [0.2, 0.25) is 11.3 Å². The lowest BCUT2D eigenvalue weighted by atomic mass is 10.0. The highest BCUT2D eigenvalue weighted by atomic mass is 19.1. The van der Waals surface area contributed by atoms with E-state index < -0.39 is 22.9 Å². The van der Waals surface area contributed by atoms with Gasteiger partial charge in [-0.1, -0.05) is 42.0 Å². The van der Waals surface area contributed by atoms with Crippen LogP contribution in [0.3, 0.4) is 0 Å². The van der Waals surface area contributed by atoms with Crippen molar-refractivity contribution >= 4 is 28.4 Å². The van der Waals surface area contributed by atoms with Crippen LogP contribution in [0.15, 0.2) is 71.7 Å². The molecule has 160 valence electrons. The number of nitrogens with one attached hydrogen (secondary N) is 1. The Kier molecular flexibility index (Phi) is 5.64. The van der Waals surface area contributed by atoms with Gasteiger partial charge in [-0.2, -0.15) is 0 Å². The van der Waals surface area contributed by atoms with Crippen LogP contribution in [0.1, 0.15) is 27.2 Å². The number of pyridine rings is 2. The Bertz CT molecular complexity index is 1410. The summed E-state index contributed by atoms with van der Waals surface area (Å²) < 4.78 is 15.4. The molecule has 0 fully saturated rings. The van der Waals surface area contributed by atoms with Crippen LogP contribution in [0.2, 0.25) is 0 Å². The Morgan fingerprint density at radius 1 is 1.00 bits per heavy atom. The molecule has 0 bridgehead atoms. The van der Waals surface area contributed by atoms with Crippen LogP contribution in [0, 0.1) is 19.7 Å². The van der Waals surface area contributed by atoms with Gasteiger partial charge in [0.1, 0.15) is 18.0 Å². The molecule has 32 heavy (non-hydrogen) atoms. The van der Waals surface area contributed by atoms with Gasteiger partial charge in [-0.15, -0.1) is 0 Å². The van der Waals surface area contributed by atoms with Gasteiger partial charge in [-0.3, -0.25) is 14.4 Å². The highest BCUT2D eigenvalue weighted by Crippen LogP contribution is 2.16. The van der Waals surface area contributed by atoms with Gasteiger partial charge in [0.25, 0.3) is 0 Å². The summed E-state index contributed by atoms with van der Waals surface area (Å²) in [5, 5.41) is 2.74. The van der Waals surface area contributed by atoms with Crippen LogP contribution < -0.4 is 10.7 Å². The van der Waals surface area contributed by atoms with Gasteiger partial charge in [0.15, 0.2) is 5.78 Å². The number of fused-ring (bicyclic) bond motifs is 1. The standard InChI is InChI=1S/C25H20FN3O3/c1-15-7-10-17(11-8-15)23(31)19-13-29(25-18(24(19)32)12-9-16(2)27-25)14-22(30)28-21-6-4-3-5-20(21)26/h3-13H,14H2,1-2H3,(H,28,30). The summed E-state index contributed by atoms with van der Waals surface area (Å²) >= 11 is 0. The first-order valence-electron chi connectivity index (χ1n) is 10.00. The van der Waals surface area contributed by atoms with Gasteiger partial charge in [0.05, 0.1) is 16.6 Å². The van der Waals surface area contributed by atoms with E-state index in [1.54, 1.807) is 49.4 Å². The highest BCUT2D eigenvalue weighted by Gasteiger charge is 2.19. The van der Waals surface area contributed by atoms with E-state index in [1.807, 2.05) is 6.92 Å². The van der Waals surface area contributed by atoms with Gasteiger partial charge in [-0.05, 0) is 38.1 Å². The van der Waals surface area contributed by atoms with Gasteiger partial charge >= 0.3 is 0 Å². The molecule has 0 saturated heterocycles. The Morgan fingerprint density at radius 3 is 2.44 bits per heavy atom. The number of aromatic nitrogens is 2. The first-order chi connectivity index (χ1) is 15.3. The second kappa shape index (κ2) is 8.55. The van der Waals surface area contributed by atoms with E-state index in [0.29, 0.717) is 11.3 Å². The molecule has 4 aromatic rings. The van der Waals surface area contributed by atoms with Crippen LogP contribution in [-0.4, -0.2) is 21.2 Å². The largest absolute Gasteiger partial charge is 0.322 e. The van der Waals surface area contributed by atoms with Crippen LogP contribution >= 0.6 is 0 Å². The fourth-order valence-corrected chi connectivity index (χ4v) is 3.41. The minimum absolute atomic E-state index is 0.0444. The van der Waals surface area contributed by atoms with Crippen molar-refractivity contribution in [1.82, 2.24) is 9.55 Å². The van der Waals surface area contributed by atoms with Crippen LogP contribution in [0.25, 0.3) is 11.0 Å². The van der Waals surface area contributed by atoms with E-state index in [2.05, 4.69) is 10.3 Å². The summed E-state index contributed by atoms with van der Waals surface area (Å²) in [6.07, 6.45) is 1.35. The smallest absolute Gasteiger partial charge is 0.244 e. The Morgan fingerprint density at radius 2 is 1.72 bits per heavy atom. The molecule has 6 nitrogen and oxygen atoms in total. The van der Waals surface area contributed by atoms with E-state index in [4.69, 9.17) is 0 Å². The fraction of sp³-hybridized carbons (Fsp3) is 0.120. The molecule has 4 rings (SSSR count). The quantitative estimate of drug-likeness (QED) is 0.486. The fourth-order valence-electron chi connectivity index (χ4n) is 3.41. The van der Waals surface area contributed by atoms with Gasteiger partial charge in [0, 0.05) is 17.5 Å². The van der Waals surface area contributed by atoms with E-state index in [-0.39, 0.29) is 28.8 Å². The number of anilines is 1. The Labute approximate surface area is 183 Å². The number of ketones is 1. The van der Waals surface area contributed by atoms with Crippen molar-refractivity contribution in [2.24, 2.45) is 0 Å². The van der Waals surface area contributed by atoms with Crippen molar-refractivity contribution in [3.8, 4) is 0 Å². The summed E-state index contributed by atoms with van der Waals surface area (Å²) in [6.45, 7) is 3.41. The number of hydrogen-bond donors (Lipinski definition) is 1. The number of amides is 1. The number of benzene rings is 2. The lowest BCUT2D eigenvalue weighted by Crippen LogP contribution is -2.25. The maximum Gasteiger partial charge on any atom is 0.244 e. The van der Waals surface area contributed by atoms with Crippen molar-refractivity contribution in [3.63, 3.8) is 0 Å². The zero-order chi connectivity index (χ0) is 22.8. The Hall–Kier alpha value is -4.13. The van der Waals surface area contributed by atoms with E-state index in [1.165, 1.54) is 29.0 Å². The molecule has 2 aromatic carbocycles. The number of halogens is 1. The summed E-state index contributed by atoms with van der Waals surface area (Å²) in [4.78, 5) is 43.2. The van der Waals surface area contributed by atoms with Crippen LogP contribution in [-0.2, 0) is 11.3 Å². The van der Waals surface area contributed by atoms with E-state index in [0.717, 1.165) is 5.56 Å². The number of carbonyl (C=O) groups excluding carboxylic acids is 2. The molecule has 2 aromatic heterocycles. The third-order valence-electron chi connectivity index (χ3n) is 5.08. The normalized spacial score (nSPS) is 10.8. The van der Waals surface area contributed by atoms with Crippen molar-refractivity contribution in [2.45, 2.75) is 20.4 Å². The first-order valence-corrected chi connectivity index (χ1v) is 10.00. The third-order valence-corrected chi connectivity index (χ3v) is 5.08. The van der Waals surface area contributed by atoms with Crippen LogP contribution in [0.4, 0.5) is 10.1 Å². The second-order valence-corrected chi connectivity index (χ2v) is 7.55. The SMILES string of the molecule is Cc1ccc(C(=O)c2cn(CC(=O)Nc3ccccc3F)c3nc(C)ccc3c2=O)cc1. The van der Waals surface area contributed by atoms with Crippen molar-refractivity contribution in [3.05, 3.63) is 105 Å². The summed E-state index contributed by atoms with van der Waals surface area (Å²) in [5.41, 5.74) is 1.81. The average molecular weight is 429 g/mol. The lowest BCUT2D eigenvalue weighted by Gasteiger charge is -2.13. The summed E-state index contributed by atoms with van der Waals surface area (Å²) in [7, 11) is 0. The maximum atomic E-state index is 13.9. The second-order valence-electron chi connectivity index (χ2n) is 7.55. The monoisotopic (exact) mass is 429 g/mol. The predicted octanol–water partition coefficient (Wildman–Crippen LogP) is 4.02. The number of nitrogens with zero attached hydrogens (tertiary/aromatic N) is 2. The molecule has 1 N–H and O–H groups in total. The first kappa shape index (κ1) is 21.1. The van der Waals surface area contributed by atoms with Crippen LogP contribution in [0.5, 0.6) is 0 Å². The zero-order valence-corrected chi connectivity index (χ0v) is 17.6. The van der Waals surface area contributed by atoms with E-state index >= 15 is 0 Å². The minimum atomic E-state index is -0.560. The van der Waals surface area contributed by atoms with Crippen molar-refractivity contribution in [2.75, 3.05) is 5.32 Å². The average Bonchev–Trinajstić information content (AvgIpc) is 2.77. The van der Waals surface area contributed by atoms with E-state index in [9.17, 15) is 18.8 Å². The van der Waals surface area contributed by atoms with Crippen molar-refractivity contribution < 1.29 is 14.0 Å². The van der Waals surface area contributed by atoms with Gasteiger partial charge < -0.3 is 9.88 Å². The molecule has 0 aliphatic carbocycles. The molecule has 0 aliphatic rings. The van der Waals surface area contributed by atoms with Crippen molar-refractivity contribution in [1.29, 1.82) is 0 Å². The molecule has 1 amide bonds. The third kappa shape index (κ3) is 4.18. The molecular formula is C25H20FN3O3. The number of carbonyl (C=O) groups is 2. The molecule has 0 saturated carbocycles. The lowest BCUT2D eigenvalue weighted by molar-refractivity contribution is -0.116. The topological polar surface area (TPSA) is 81.1 Å². The zero-order valence-electron chi connectivity index (χ0n) is 17.6. The number of hydrogen-bond acceptors (Lipinski definition) is 4. The van der Waals surface area contributed by atoms with Gasteiger partial charge in [-0.25, -0.2) is 9.37 Å². The summed E-state index contributed by atoms with van der Waals surface area (Å²) in [6, 6.07) is 16.0. The molecule has 0 unspecified atom stereocenters. The molecular weight excluding hydrogens is 409 g/mol. The maximum absolute atomic E-state index is 13.9. The molecule has 2 heterocycles. The molecule has 0 spiro atoms. The number of para-hydroxylation sites is 1.